The van der Waals surface area contributed by atoms with Crippen LogP contribution in [-0.4, -0.2) is 17.1 Å². The van der Waals surface area contributed by atoms with Crippen LogP contribution in [0.1, 0.15) is 16.7 Å². The quantitative estimate of drug-likeness (QED) is 0.765. The summed E-state index contributed by atoms with van der Waals surface area (Å²) in [7, 11) is 0. The second-order valence-electron chi connectivity index (χ2n) is 3.75. The molecule has 1 aromatic rings. The first-order valence-corrected chi connectivity index (χ1v) is 4.71. The van der Waals surface area contributed by atoms with Crippen molar-refractivity contribution in [1.29, 1.82) is 0 Å². The Morgan fingerprint density at radius 1 is 1.47 bits per heavy atom. The van der Waals surface area contributed by atoms with Crippen LogP contribution >= 0.6 is 12.4 Å². The van der Waals surface area contributed by atoms with Crippen molar-refractivity contribution in [2.45, 2.75) is 25.9 Å². The fourth-order valence-electron chi connectivity index (χ4n) is 1.82. The number of aliphatic carboxylic acids is 1. The van der Waals surface area contributed by atoms with Crippen LogP contribution < -0.4 is 5.32 Å². The molecule has 0 radical (unpaired) electrons. The van der Waals surface area contributed by atoms with Gasteiger partial charge in [0.05, 0.1) is 0 Å². The summed E-state index contributed by atoms with van der Waals surface area (Å²) in [6.45, 7) is 2.71. The van der Waals surface area contributed by atoms with Crippen LogP contribution in [-0.2, 0) is 17.8 Å². The van der Waals surface area contributed by atoms with Gasteiger partial charge in [-0.05, 0) is 24.5 Å². The Morgan fingerprint density at radius 3 is 2.87 bits per heavy atom. The lowest BCUT2D eigenvalue weighted by molar-refractivity contribution is -0.139. The van der Waals surface area contributed by atoms with Gasteiger partial charge >= 0.3 is 5.97 Å². The molecular weight excluding hydrogens is 214 g/mol. The van der Waals surface area contributed by atoms with Gasteiger partial charge in [0.25, 0.3) is 0 Å². The van der Waals surface area contributed by atoms with E-state index in [9.17, 15) is 4.79 Å². The van der Waals surface area contributed by atoms with Gasteiger partial charge in [-0.15, -0.1) is 12.4 Å². The van der Waals surface area contributed by atoms with E-state index in [-0.39, 0.29) is 12.4 Å². The van der Waals surface area contributed by atoms with Gasteiger partial charge in [0.15, 0.2) is 0 Å². The maximum absolute atomic E-state index is 10.8. The minimum Gasteiger partial charge on any atom is -0.480 e. The Balaban J connectivity index is 0.00000112. The summed E-state index contributed by atoms with van der Waals surface area (Å²) >= 11 is 0. The first-order valence-electron chi connectivity index (χ1n) is 4.71. The van der Waals surface area contributed by atoms with Crippen molar-refractivity contribution >= 4 is 18.4 Å². The number of rotatable bonds is 1. The SMILES string of the molecule is Cc1ccc2c(c1)CN[C@H](C(=O)O)C2.Cl. The minimum atomic E-state index is -0.767. The molecule has 0 aliphatic carbocycles. The van der Waals surface area contributed by atoms with Crippen molar-refractivity contribution in [3.63, 3.8) is 0 Å². The van der Waals surface area contributed by atoms with Gasteiger partial charge in [-0.2, -0.15) is 0 Å². The average Bonchev–Trinajstić information content (AvgIpc) is 2.16. The van der Waals surface area contributed by atoms with Crippen molar-refractivity contribution in [3.8, 4) is 0 Å². The number of carboxylic acids is 1. The molecule has 0 bridgehead atoms. The lowest BCUT2D eigenvalue weighted by Gasteiger charge is -2.23. The molecule has 0 aromatic heterocycles. The molecule has 82 valence electrons. The van der Waals surface area contributed by atoms with Crippen LogP contribution in [0, 0.1) is 6.92 Å². The molecule has 4 heteroatoms. The predicted molar refractivity (Wildman–Crippen MR) is 60.4 cm³/mol. The van der Waals surface area contributed by atoms with E-state index < -0.39 is 12.0 Å². The van der Waals surface area contributed by atoms with Crippen LogP contribution in [0.3, 0.4) is 0 Å². The van der Waals surface area contributed by atoms with Crippen LogP contribution in [0.25, 0.3) is 0 Å². The molecule has 1 atom stereocenters. The van der Waals surface area contributed by atoms with Crippen molar-refractivity contribution in [3.05, 3.63) is 34.9 Å². The first-order chi connectivity index (χ1) is 6.66. The van der Waals surface area contributed by atoms with Crippen molar-refractivity contribution in [1.82, 2.24) is 5.32 Å². The molecular formula is C11H14ClNO2. The summed E-state index contributed by atoms with van der Waals surface area (Å²) in [6, 6.07) is 5.75. The Labute approximate surface area is 94.9 Å². The Bertz CT molecular complexity index is 379. The zero-order valence-corrected chi connectivity index (χ0v) is 9.30. The van der Waals surface area contributed by atoms with E-state index in [1.807, 2.05) is 19.1 Å². The number of carboxylic acid groups (broad SMARTS) is 1. The fourth-order valence-corrected chi connectivity index (χ4v) is 1.82. The molecule has 0 amide bonds. The summed E-state index contributed by atoms with van der Waals surface area (Å²) < 4.78 is 0. The molecule has 0 fully saturated rings. The average molecular weight is 228 g/mol. The van der Waals surface area contributed by atoms with Crippen molar-refractivity contribution in [2.24, 2.45) is 0 Å². The molecule has 1 aliphatic rings. The summed E-state index contributed by atoms with van der Waals surface area (Å²) in [5.41, 5.74) is 3.60. The molecule has 15 heavy (non-hydrogen) atoms. The van der Waals surface area contributed by atoms with Crippen molar-refractivity contribution < 1.29 is 9.90 Å². The highest BCUT2D eigenvalue weighted by atomic mass is 35.5. The highest BCUT2D eigenvalue weighted by Crippen LogP contribution is 2.18. The molecule has 0 spiro atoms. The smallest absolute Gasteiger partial charge is 0.321 e. The van der Waals surface area contributed by atoms with Gasteiger partial charge in [0.1, 0.15) is 6.04 Å². The summed E-state index contributed by atoms with van der Waals surface area (Å²) in [5.74, 6) is -0.767. The second-order valence-corrected chi connectivity index (χ2v) is 3.75. The van der Waals surface area contributed by atoms with Gasteiger partial charge in [-0.25, -0.2) is 0 Å². The van der Waals surface area contributed by atoms with E-state index in [0.29, 0.717) is 13.0 Å². The zero-order valence-electron chi connectivity index (χ0n) is 8.49. The molecule has 3 nitrogen and oxygen atoms in total. The molecule has 2 rings (SSSR count). The predicted octanol–water partition coefficient (Wildman–Crippen LogP) is 1.52. The largest absolute Gasteiger partial charge is 0.480 e. The van der Waals surface area contributed by atoms with E-state index in [2.05, 4.69) is 11.4 Å². The van der Waals surface area contributed by atoms with Gasteiger partial charge in [-0.1, -0.05) is 23.8 Å². The van der Waals surface area contributed by atoms with Crippen LogP contribution in [0.2, 0.25) is 0 Å². The number of aryl methyl sites for hydroxylation is 1. The van der Waals surface area contributed by atoms with E-state index >= 15 is 0 Å². The standard InChI is InChI=1S/C11H13NO2.ClH/c1-7-2-3-8-5-10(11(13)14)12-6-9(8)4-7;/h2-4,10,12H,5-6H2,1H3,(H,13,14);1H/t10-;/m0./s1. The van der Waals surface area contributed by atoms with E-state index in [1.165, 1.54) is 11.1 Å². The normalized spacial score (nSPS) is 18.9. The van der Waals surface area contributed by atoms with Gasteiger partial charge in [0, 0.05) is 6.54 Å². The maximum atomic E-state index is 10.8. The molecule has 1 aliphatic heterocycles. The number of fused-ring (bicyclic) bond motifs is 1. The molecule has 0 saturated heterocycles. The maximum Gasteiger partial charge on any atom is 0.321 e. The van der Waals surface area contributed by atoms with E-state index in [1.54, 1.807) is 0 Å². The first kappa shape index (κ1) is 12.0. The molecule has 0 unspecified atom stereocenters. The third-order valence-electron chi connectivity index (χ3n) is 2.62. The summed E-state index contributed by atoms with van der Waals surface area (Å²) in [5, 5.41) is 11.9. The highest BCUT2D eigenvalue weighted by Gasteiger charge is 2.22. The van der Waals surface area contributed by atoms with Crippen LogP contribution in [0.5, 0.6) is 0 Å². The fraction of sp³-hybridized carbons (Fsp3) is 0.364. The molecule has 0 saturated carbocycles. The lowest BCUT2D eigenvalue weighted by Crippen LogP contribution is -2.41. The van der Waals surface area contributed by atoms with Crippen molar-refractivity contribution in [2.75, 3.05) is 0 Å². The lowest BCUT2D eigenvalue weighted by atomic mass is 9.94. The van der Waals surface area contributed by atoms with Gasteiger partial charge < -0.3 is 10.4 Å². The zero-order chi connectivity index (χ0) is 10.1. The van der Waals surface area contributed by atoms with Crippen LogP contribution in [0.15, 0.2) is 18.2 Å². The number of benzene rings is 1. The molecule has 2 N–H and O–H groups in total. The van der Waals surface area contributed by atoms with Gasteiger partial charge in [0.2, 0.25) is 0 Å². The van der Waals surface area contributed by atoms with E-state index in [4.69, 9.17) is 5.11 Å². The summed E-state index contributed by atoms with van der Waals surface area (Å²) in [6.07, 6.45) is 0.588. The topological polar surface area (TPSA) is 49.3 Å². The van der Waals surface area contributed by atoms with Crippen LogP contribution in [0.4, 0.5) is 0 Å². The third kappa shape index (κ3) is 2.49. The minimum absolute atomic E-state index is 0. The Hall–Kier alpha value is -1.06. The molecule has 1 aromatic carbocycles. The monoisotopic (exact) mass is 227 g/mol. The second kappa shape index (κ2) is 4.64. The number of carbonyl (C=O) groups is 1. The highest BCUT2D eigenvalue weighted by molar-refractivity contribution is 5.85. The Kier molecular flexibility index (Phi) is 3.72. The number of hydrogen-bond donors (Lipinski definition) is 2. The van der Waals surface area contributed by atoms with Gasteiger partial charge in [-0.3, -0.25) is 4.79 Å². The summed E-state index contributed by atoms with van der Waals surface area (Å²) in [4.78, 5) is 10.8. The Morgan fingerprint density at radius 2 is 2.20 bits per heavy atom. The third-order valence-corrected chi connectivity index (χ3v) is 2.62. The van der Waals surface area contributed by atoms with E-state index in [0.717, 1.165) is 5.56 Å². The number of halogens is 1. The number of hydrogen-bond acceptors (Lipinski definition) is 2. The number of nitrogens with one attached hydrogen (secondary N) is 1. The molecule has 1 heterocycles.